The zero-order valence-electron chi connectivity index (χ0n) is 10.5. The van der Waals surface area contributed by atoms with Gasteiger partial charge in [-0.05, 0) is 19.1 Å². The molecule has 1 amide bonds. The van der Waals surface area contributed by atoms with Gasteiger partial charge in [0.25, 0.3) is 5.91 Å². The van der Waals surface area contributed by atoms with Gasteiger partial charge in [-0.1, -0.05) is 0 Å². The van der Waals surface area contributed by atoms with Crippen LogP contribution in [0.1, 0.15) is 6.92 Å². The first kappa shape index (κ1) is 14.3. The summed E-state index contributed by atoms with van der Waals surface area (Å²) in [5, 5.41) is 11.2. The molecule has 0 aliphatic heterocycles. The summed E-state index contributed by atoms with van der Waals surface area (Å²) in [6, 6.07) is 4.98. The molecule has 0 saturated carbocycles. The third-order valence-electron chi connectivity index (χ3n) is 2.34. The predicted molar refractivity (Wildman–Crippen MR) is 68.5 cm³/mol. The van der Waals surface area contributed by atoms with E-state index in [-0.39, 0.29) is 19.1 Å². The van der Waals surface area contributed by atoms with Gasteiger partial charge in [0, 0.05) is 6.07 Å². The number of amides is 1. The van der Waals surface area contributed by atoms with Crippen LogP contribution in [0.5, 0.6) is 5.75 Å². The second kappa shape index (κ2) is 6.83. The molecule has 100 valence electrons. The van der Waals surface area contributed by atoms with Gasteiger partial charge in [0.1, 0.15) is 11.9 Å². The van der Waals surface area contributed by atoms with Crippen LogP contribution in [0.2, 0.25) is 0 Å². The molecule has 1 aromatic carbocycles. The minimum absolute atomic E-state index is 0.118. The van der Waals surface area contributed by atoms with Crippen LogP contribution in [0.15, 0.2) is 18.2 Å². The molecule has 6 nitrogen and oxygen atoms in total. The third kappa shape index (κ3) is 3.90. The normalized spacial score (nSPS) is 11.9. The fourth-order valence-electron chi connectivity index (χ4n) is 1.32. The van der Waals surface area contributed by atoms with Crippen LogP contribution in [-0.4, -0.2) is 37.4 Å². The Kier molecular flexibility index (Phi) is 5.41. The number of benzene rings is 1. The van der Waals surface area contributed by atoms with Gasteiger partial charge in [-0.15, -0.1) is 0 Å². The van der Waals surface area contributed by atoms with Gasteiger partial charge in [0.15, 0.2) is 0 Å². The summed E-state index contributed by atoms with van der Waals surface area (Å²) in [6.45, 7) is 1.60. The summed E-state index contributed by atoms with van der Waals surface area (Å²) in [7, 11) is 1.54. The van der Waals surface area contributed by atoms with Crippen LogP contribution in [0.25, 0.3) is 0 Å². The van der Waals surface area contributed by atoms with Gasteiger partial charge in [0.05, 0.1) is 31.7 Å². The van der Waals surface area contributed by atoms with E-state index in [1.807, 2.05) is 0 Å². The van der Waals surface area contributed by atoms with Crippen LogP contribution in [0.3, 0.4) is 0 Å². The predicted octanol–water partition coefficient (Wildman–Crippen LogP) is 0.613. The number of nitrogens with two attached hydrogens (primary N) is 1. The Hall–Kier alpha value is -1.79. The fourth-order valence-corrected chi connectivity index (χ4v) is 1.32. The molecule has 1 atom stereocenters. The summed E-state index contributed by atoms with van der Waals surface area (Å²) in [5.74, 6) is 0.301. The molecular weight excluding hydrogens is 236 g/mol. The number of hydrogen-bond donors (Lipinski definition) is 3. The van der Waals surface area contributed by atoms with Gasteiger partial charge in [-0.2, -0.15) is 0 Å². The van der Waals surface area contributed by atoms with Crippen LogP contribution < -0.4 is 15.8 Å². The van der Waals surface area contributed by atoms with Crippen molar-refractivity contribution in [3.05, 3.63) is 18.2 Å². The molecule has 0 saturated heterocycles. The second-order valence-corrected chi connectivity index (χ2v) is 3.68. The number of carbonyl (C=O) groups excluding carboxylic acids is 1. The van der Waals surface area contributed by atoms with Crippen LogP contribution in [-0.2, 0) is 9.53 Å². The van der Waals surface area contributed by atoms with Gasteiger partial charge in [-0.3, -0.25) is 4.79 Å². The first-order valence-corrected chi connectivity index (χ1v) is 5.55. The lowest BCUT2D eigenvalue weighted by Crippen LogP contribution is -2.28. The molecule has 0 aliphatic carbocycles. The van der Waals surface area contributed by atoms with E-state index in [4.69, 9.17) is 20.3 Å². The standard InChI is InChI=1S/C12H18N2O4/c1-8(18-6-5-15)12(16)14-11-4-3-9(17-2)7-10(11)13/h3-4,7-8,15H,5-6,13H2,1-2H3,(H,14,16). The Morgan fingerprint density at radius 2 is 2.28 bits per heavy atom. The van der Waals surface area contributed by atoms with Crippen molar-refractivity contribution in [2.45, 2.75) is 13.0 Å². The van der Waals surface area contributed by atoms with E-state index < -0.39 is 6.10 Å². The van der Waals surface area contributed by atoms with Crippen molar-refractivity contribution >= 4 is 17.3 Å². The van der Waals surface area contributed by atoms with Crippen LogP contribution in [0.4, 0.5) is 11.4 Å². The molecule has 6 heteroatoms. The van der Waals surface area contributed by atoms with Crippen molar-refractivity contribution in [3.8, 4) is 5.75 Å². The molecule has 1 unspecified atom stereocenters. The number of aliphatic hydroxyl groups excluding tert-OH is 1. The van der Waals surface area contributed by atoms with E-state index in [2.05, 4.69) is 5.32 Å². The average molecular weight is 254 g/mol. The summed E-state index contributed by atoms with van der Waals surface area (Å²) in [6.07, 6.45) is -0.654. The Morgan fingerprint density at radius 3 is 2.83 bits per heavy atom. The summed E-state index contributed by atoms with van der Waals surface area (Å²) in [4.78, 5) is 11.7. The lowest BCUT2D eigenvalue weighted by atomic mass is 10.2. The molecule has 0 spiro atoms. The monoisotopic (exact) mass is 254 g/mol. The summed E-state index contributed by atoms with van der Waals surface area (Å²) in [5.41, 5.74) is 6.68. The van der Waals surface area contributed by atoms with Gasteiger partial charge < -0.3 is 25.6 Å². The molecule has 0 aromatic heterocycles. The Labute approximate surface area is 106 Å². The largest absolute Gasteiger partial charge is 0.497 e. The van der Waals surface area contributed by atoms with E-state index in [0.717, 1.165) is 0 Å². The quantitative estimate of drug-likeness (QED) is 0.647. The molecule has 0 heterocycles. The van der Waals surface area contributed by atoms with Gasteiger partial charge in [-0.25, -0.2) is 0 Å². The maximum Gasteiger partial charge on any atom is 0.253 e. The smallest absolute Gasteiger partial charge is 0.253 e. The lowest BCUT2D eigenvalue weighted by Gasteiger charge is -2.14. The number of aliphatic hydroxyl groups is 1. The number of rotatable bonds is 6. The first-order valence-electron chi connectivity index (χ1n) is 5.55. The highest BCUT2D eigenvalue weighted by atomic mass is 16.5. The van der Waals surface area contributed by atoms with E-state index in [9.17, 15) is 4.79 Å². The molecule has 0 aliphatic rings. The van der Waals surface area contributed by atoms with Crippen molar-refractivity contribution in [2.75, 3.05) is 31.4 Å². The van der Waals surface area contributed by atoms with E-state index >= 15 is 0 Å². The zero-order chi connectivity index (χ0) is 13.5. The van der Waals surface area contributed by atoms with Crippen molar-refractivity contribution in [1.29, 1.82) is 0 Å². The summed E-state index contributed by atoms with van der Waals surface area (Å²) >= 11 is 0. The maximum atomic E-state index is 11.7. The Bertz CT molecular complexity index is 409. The maximum absolute atomic E-state index is 11.7. The van der Waals surface area contributed by atoms with E-state index in [1.165, 1.54) is 7.11 Å². The Morgan fingerprint density at radius 1 is 1.56 bits per heavy atom. The molecular formula is C12H18N2O4. The highest BCUT2D eigenvalue weighted by Gasteiger charge is 2.14. The Balaban J connectivity index is 2.64. The molecule has 1 rings (SSSR count). The van der Waals surface area contributed by atoms with Crippen LogP contribution >= 0.6 is 0 Å². The molecule has 18 heavy (non-hydrogen) atoms. The third-order valence-corrected chi connectivity index (χ3v) is 2.34. The molecule has 4 N–H and O–H groups in total. The highest BCUT2D eigenvalue weighted by molar-refractivity contribution is 5.96. The number of nitrogen functional groups attached to an aromatic ring is 1. The first-order chi connectivity index (χ1) is 8.58. The average Bonchev–Trinajstić information content (AvgIpc) is 2.38. The van der Waals surface area contributed by atoms with Crippen LogP contribution in [0, 0.1) is 0 Å². The number of nitrogens with one attached hydrogen (secondary N) is 1. The minimum atomic E-state index is -0.654. The number of methoxy groups -OCH3 is 1. The van der Waals surface area contributed by atoms with E-state index in [1.54, 1.807) is 25.1 Å². The van der Waals surface area contributed by atoms with Crippen molar-refractivity contribution < 1.29 is 19.4 Å². The fraction of sp³-hybridized carbons (Fsp3) is 0.417. The molecule has 0 radical (unpaired) electrons. The lowest BCUT2D eigenvalue weighted by molar-refractivity contribution is -0.126. The summed E-state index contributed by atoms with van der Waals surface area (Å²) < 4.78 is 10.1. The van der Waals surface area contributed by atoms with Crippen molar-refractivity contribution in [3.63, 3.8) is 0 Å². The van der Waals surface area contributed by atoms with Gasteiger partial charge in [0.2, 0.25) is 0 Å². The van der Waals surface area contributed by atoms with Crippen molar-refractivity contribution in [2.24, 2.45) is 0 Å². The SMILES string of the molecule is COc1ccc(NC(=O)C(C)OCCO)c(N)c1. The minimum Gasteiger partial charge on any atom is -0.497 e. The number of carbonyl (C=O) groups is 1. The van der Waals surface area contributed by atoms with Gasteiger partial charge >= 0.3 is 0 Å². The highest BCUT2D eigenvalue weighted by Crippen LogP contribution is 2.24. The van der Waals surface area contributed by atoms with E-state index in [0.29, 0.717) is 17.1 Å². The van der Waals surface area contributed by atoms with Crippen molar-refractivity contribution in [1.82, 2.24) is 0 Å². The molecule has 1 aromatic rings. The number of anilines is 2. The second-order valence-electron chi connectivity index (χ2n) is 3.68. The zero-order valence-corrected chi connectivity index (χ0v) is 10.5. The molecule has 0 bridgehead atoms. The number of hydrogen-bond acceptors (Lipinski definition) is 5. The molecule has 0 fully saturated rings. The number of ether oxygens (including phenoxy) is 2. The topological polar surface area (TPSA) is 93.8 Å².